The Labute approximate surface area is 662 Å². The number of hydrogen-bond acceptors (Lipinski definition) is 0. The molecule has 0 amide bonds. The van der Waals surface area contributed by atoms with Gasteiger partial charge in [0.1, 0.15) is 0 Å². The maximum atomic E-state index is 2.46. The van der Waals surface area contributed by atoms with Crippen molar-refractivity contribution in [2.75, 3.05) is 0 Å². The predicted molar refractivity (Wildman–Crippen MR) is 487 cm³/mol. The van der Waals surface area contributed by atoms with Crippen LogP contribution in [0.1, 0.15) is 49.9 Å². The molecule has 0 nitrogen and oxygen atoms in total. The predicted octanol–water partition coefficient (Wildman–Crippen LogP) is 31.7. The summed E-state index contributed by atoms with van der Waals surface area (Å²) in [6, 6.07) is 140. The second kappa shape index (κ2) is 24.2. The van der Waals surface area contributed by atoms with Crippen LogP contribution in [-0.4, -0.2) is 0 Å². The molecular weight excluding hydrogens is 1370 g/mol. The van der Waals surface area contributed by atoms with Gasteiger partial charge >= 0.3 is 0 Å². The molecule has 26 rings (SSSR count). The van der Waals surface area contributed by atoms with Crippen LogP contribution < -0.4 is 0 Å². The normalized spacial score (nSPS) is 13.4. The molecule has 0 N–H and O–H groups in total. The third-order valence-corrected chi connectivity index (χ3v) is 26.6. The maximum Gasteiger partial charge on any atom is 0.0159 e. The van der Waals surface area contributed by atoms with Gasteiger partial charge in [0.2, 0.25) is 0 Å². The summed E-state index contributed by atoms with van der Waals surface area (Å²) in [4.78, 5) is 0. The zero-order valence-corrected chi connectivity index (χ0v) is 63.8. The van der Waals surface area contributed by atoms with E-state index in [1.54, 1.807) is 0 Å². The Morgan fingerprint density at radius 2 is 0.333 bits per heavy atom. The van der Waals surface area contributed by atoms with E-state index in [0.717, 1.165) is 0 Å². The van der Waals surface area contributed by atoms with Gasteiger partial charge in [-0.25, -0.2) is 0 Å². The van der Waals surface area contributed by atoms with Gasteiger partial charge in [-0.1, -0.05) is 380 Å². The fourth-order valence-corrected chi connectivity index (χ4v) is 21.0. The highest BCUT2D eigenvalue weighted by Crippen LogP contribution is 2.56. The van der Waals surface area contributed by atoms with Crippen molar-refractivity contribution in [3.63, 3.8) is 0 Å². The zero-order chi connectivity index (χ0) is 75.4. The minimum Gasteiger partial charge on any atom is -0.0622 e. The molecule has 22 aromatic carbocycles. The number of benzene rings is 22. The molecule has 0 aliphatic heterocycles. The molecule has 0 atom stereocenters. The Morgan fingerprint density at radius 1 is 0.132 bits per heavy atom. The molecule has 0 spiro atoms. The van der Waals surface area contributed by atoms with E-state index < -0.39 is 0 Å². The van der Waals surface area contributed by atoms with Crippen LogP contribution in [0.5, 0.6) is 0 Å². The molecule has 530 valence electrons. The molecule has 0 bridgehead atoms. The molecule has 22 aromatic rings. The van der Waals surface area contributed by atoms with E-state index >= 15 is 0 Å². The lowest BCUT2D eigenvalue weighted by Crippen LogP contribution is -2.14. The minimum absolute atomic E-state index is 0.0214. The summed E-state index contributed by atoms with van der Waals surface area (Å²) in [6.45, 7) is 9.47. The lowest BCUT2D eigenvalue weighted by molar-refractivity contribution is 0.660. The van der Waals surface area contributed by atoms with Crippen molar-refractivity contribution < 1.29 is 0 Å². The van der Waals surface area contributed by atoms with Gasteiger partial charge in [-0.3, -0.25) is 0 Å². The van der Waals surface area contributed by atoms with E-state index in [1.807, 2.05) is 0 Å². The zero-order valence-electron chi connectivity index (χ0n) is 63.8. The Kier molecular flexibility index (Phi) is 13.8. The highest BCUT2D eigenvalue weighted by Gasteiger charge is 2.37. The van der Waals surface area contributed by atoms with Crippen LogP contribution in [0.3, 0.4) is 0 Å². The van der Waals surface area contributed by atoms with E-state index in [0.29, 0.717) is 0 Å². The summed E-state index contributed by atoms with van der Waals surface area (Å²) in [5.74, 6) is 0. The average Bonchev–Trinajstić information content (AvgIpc) is 1.29. The van der Waals surface area contributed by atoms with Gasteiger partial charge in [0.05, 0.1) is 0 Å². The van der Waals surface area contributed by atoms with Crippen LogP contribution in [0.15, 0.2) is 376 Å². The fourth-order valence-electron chi connectivity index (χ4n) is 21.0. The van der Waals surface area contributed by atoms with Crippen molar-refractivity contribution in [3.8, 4) is 134 Å². The summed E-state index contributed by atoms with van der Waals surface area (Å²) in [7, 11) is 0. The SMILES string of the molecule is CC1(C)c2ccccc2-c2ccc(-c3ccc4ccc5c(-c6ccc7c(c6)C(C)(C)c6ccccc6-7)ccc6ccc3c4c65)cc21.c1ccc(-c2ccc3ccc4c(-c5ccccc5)ccc5ccc2c3c54)cc1.c1ccc2c(c1)-c1ccc(-c3ccc4ccc5c(-c6ccc7c(c6)-c6ccccc6-7)ccc6ccc3c4c65)cc1-2. The molecule has 0 unspecified atom stereocenters. The smallest absolute Gasteiger partial charge is 0.0159 e. The van der Waals surface area contributed by atoms with Crippen molar-refractivity contribution in [2.24, 2.45) is 0 Å². The first-order chi connectivity index (χ1) is 56.1. The third-order valence-electron chi connectivity index (χ3n) is 26.6. The molecule has 0 saturated carbocycles. The number of rotatable bonds is 6. The molecule has 0 radical (unpaired) electrons. The Morgan fingerprint density at radius 3 is 0.632 bits per heavy atom. The van der Waals surface area contributed by atoms with Gasteiger partial charge in [-0.2, -0.15) is 0 Å². The van der Waals surface area contributed by atoms with Gasteiger partial charge < -0.3 is 0 Å². The van der Waals surface area contributed by atoms with Crippen molar-refractivity contribution >= 4 is 97.0 Å². The van der Waals surface area contributed by atoms with E-state index in [4.69, 9.17) is 0 Å². The lowest BCUT2D eigenvalue weighted by atomic mass is 9.78. The maximum absolute atomic E-state index is 2.46. The molecule has 114 heavy (non-hydrogen) atoms. The quantitative estimate of drug-likeness (QED) is 0.146. The first-order valence-corrected chi connectivity index (χ1v) is 40.3. The Bertz CT molecular complexity index is 7350. The summed E-state index contributed by atoms with van der Waals surface area (Å²) < 4.78 is 0. The molecule has 0 aromatic heterocycles. The van der Waals surface area contributed by atoms with Gasteiger partial charge in [0, 0.05) is 10.8 Å². The Balaban J connectivity index is 0.000000102. The first kappa shape index (κ1) is 64.7. The Hall–Kier alpha value is -14.0. The van der Waals surface area contributed by atoms with E-state index in [2.05, 4.69) is 404 Å². The summed E-state index contributed by atoms with van der Waals surface area (Å²) in [5.41, 5.74) is 37.5. The molecule has 0 heteroatoms. The van der Waals surface area contributed by atoms with Gasteiger partial charge in [0.15, 0.2) is 0 Å². The minimum atomic E-state index is -0.0214. The van der Waals surface area contributed by atoms with Crippen molar-refractivity contribution in [1.29, 1.82) is 0 Å². The van der Waals surface area contributed by atoms with Crippen LogP contribution in [0.4, 0.5) is 0 Å². The topological polar surface area (TPSA) is 0 Å². The number of hydrogen-bond donors (Lipinski definition) is 0. The van der Waals surface area contributed by atoms with Crippen molar-refractivity contribution in [2.45, 2.75) is 38.5 Å². The lowest BCUT2D eigenvalue weighted by Gasteiger charge is -2.25. The van der Waals surface area contributed by atoms with Crippen molar-refractivity contribution in [3.05, 3.63) is 398 Å². The second-order valence-corrected chi connectivity index (χ2v) is 33.2. The fraction of sp³-hybridized carbons (Fsp3) is 0.0526. The van der Waals surface area contributed by atoms with E-state index in [-0.39, 0.29) is 10.8 Å². The molecule has 4 aliphatic rings. The molecule has 0 fully saturated rings. The standard InChI is InChI=1S/C46H34.C40H22.C28H18/c1-45(2)39-11-7-5-9-33(39)35-21-17-29(25-41(35)45)31-19-13-27-16-24-38-32(20-14-28-15-23-37(31)43(27)44(28)38)30-18-22-36-34-10-6-8-12-40(34)46(3,4)42(36)26-30;1-3-7-31-29(5-1)33-17-13-25(21-37(31)33)27-15-9-23-12-20-36-28(16-10-24-11-19-35(27)39(23)40(24)36)26-14-18-34-30-6-2-4-8-32(30)38(34)22-26;1-3-7-19(8-4-1)23-15-11-21-14-18-26-24(20-9-5-2-6-10-20)16-12-22-13-17-25(23)27(21)28(22)26/h5-26H,1-4H3;1-22H;1-18H. The second-order valence-electron chi connectivity index (χ2n) is 33.2. The van der Waals surface area contributed by atoms with Crippen LogP contribution in [-0.2, 0) is 10.8 Å². The molecule has 0 heterocycles. The third kappa shape index (κ3) is 9.34. The summed E-state index contributed by atoms with van der Waals surface area (Å²) in [5, 5.41) is 24.0. The summed E-state index contributed by atoms with van der Waals surface area (Å²) in [6.07, 6.45) is 0. The van der Waals surface area contributed by atoms with Gasteiger partial charge in [-0.15, -0.1) is 0 Å². The van der Waals surface area contributed by atoms with Gasteiger partial charge in [0.25, 0.3) is 0 Å². The average molecular weight is 1440 g/mol. The number of fused-ring (bicyclic) bond motifs is 14. The highest BCUT2D eigenvalue weighted by atomic mass is 14.4. The highest BCUT2D eigenvalue weighted by molar-refractivity contribution is 6.31. The van der Waals surface area contributed by atoms with Crippen molar-refractivity contribution in [1.82, 2.24) is 0 Å². The molecular formula is C114H74. The van der Waals surface area contributed by atoms with E-state index in [9.17, 15) is 0 Å². The molecule has 0 saturated heterocycles. The monoisotopic (exact) mass is 1440 g/mol. The largest absolute Gasteiger partial charge is 0.0622 e. The van der Waals surface area contributed by atoms with E-state index in [1.165, 1.54) is 253 Å². The van der Waals surface area contributed by atoms with Crippen LogP contribution in [0.2, 0.25) is 0 Å². The molecule has 4 aliphatic carbocycles. The van der Waals surface area contributed by atoms with Gasteiger partial charge in [-0.05, 0) is 277 Å². The van der Waals surface area contributed by atoms with Crippen LogP contribution in [0, 0.1) is 0 Å². The van der Waals surface area contributed by atoms with Crippen LogP contribution >= 0.6 is 0 Å². The first-order valence-electron chi connectivity index (χ1n) is 40.3. The van der Waals surface area contributed by atoms with Crippen LogP contribution in [0.25, 0.3) is 230 Å². The summed E-state index contributed by atoms with van der Waals surface area (Å²) >= 11 is 0.